The van der Waals surface area contributed by atoms with Crippen LogP contribution in [0.5, 0.6) is 0 Å². The van der Waals surface area contributed by atoms with Crippen molar-refractivity contribution in [2.75, 3.05) is 0 Å². The molecule has 3 aromatic heterocycles. The minimum atomic E-state index is 0.719. The van der Waals surface area contributed by atoms with Crippen LogP contribution in [0.25, 0.3) is 10.7 Å². The largest absolute Gasteiger partial charge is 0.305 e. The maximum atomic E-state index is 4.56. The number of hydrogen-bond acceptors (Lipinski definition) is 6. The summed E-state index contributed by atoms with van der Waals surface area (Å²) in [6.07, 6.45) is 6.02. The van der Waals surface area contributed by atoms with E-state index in [9.17, 15) is 0 Å². The van der Waals surface area contributed by atoms with Crippen molar-refractivity contribution in [2.24, 2.45) is 0 Å². The number of rotatable bonds is 6. The molecule has 0 atom stereocenters. The average molecular weight is 300 g/mol. The molecule has 0 radical (unpaired) electrons. The summed E-state index contributed by atoms with van der Waals surface area (Å²) in [5.74, 6) is 0. The third kappa shape index (κ3) is 3.50. The molecule has 0 bridgehead atoms. The van der Waals surface area contributed by atoms with Gasteiger partial charge in [-0.25, -0.2) is 4.98 Å². The van der Waals surface area contributed by atoms with Gasteiger partial charge >= 0.3 is 0 Å². The zero-order valence-electron chi connectivity index (χ0n) is 11.7. The standard InChI is InChI=1S/C14H16N6S/c1-2-10-5-11(20-19-10)6-16-7-12-9-21-14(18-12)13-8-15-3-4-17-13/h3-5,8-9,16H,2,6-7H2,1H3,(H,19,20). The van der Waals surface area contributed by atoms with Crippen molar-refractivity contribution >= 4 is 11.3 Å². The Morgan fingerprint density at radius 1 is 1.24 bits per heavy atom. The van der Waals surface area contributed by atoms with Crippen LogP contribution in [-0.2, 0) is 19.5 Å². The fourth-order valence-corrected chi connectivity index (χ4v) is 2.70. The Labute approximate surface area is 126 Å². The van der Waals surface area contributed by atoms with E-state index in [1.54, 1.807) is 29.9 Å². The third-order valence-corrected chi connectivity index (χ3v) is 3.92. The molecule has 21 heavy (non-hydrogen) atoms. The lowest BCUT2D eigenvalue weighted by Gasteiger charge is -1.99. The van der Waals surface area contributed by atoms with Crippen molar-refractivity contribution in [1.82, 2.24) is 30.5 Å². The van der Waals surface area contributed by atoms with E-state index in [4.69, 9.17) is 0 Å². The van der Waals surface area contributed by atoms with Crippen LogP contribution in [-0.4, -0.2) is 25.1 Å². The maximum absolute atomic E-state index is 4.56. The van der Waals surface area contributed by atoms with E-state index in [1.807, 2.05) is 5.38 Å². The van der Waals surface area contributed by atoms with Gasteiger partial charge in [-0.05, 0) is 12.5 Å². The average Bonchev–Trinajstić information content (AvgIpc) is 3.17. The summed E-state index contributed by atoms with van der Waals surface area (Å²) < 4.78 is 0. The van der Waals surface area contributed by atoms with Crippen LogP contribution in [0.2, 0.25) is 0 Å². The van der Waals surface area contributed by atoms with Gasteiger partial charge in [-0.3, -0.25) is 15.1 Å². The Bertz CT molecular complexity index is 690. The molecule has 0 saturated heterocycles. The van der Waals surface area contributed by atoms with Gasteiger partial charge in [0.15, 0.2) is 0 Å². The van der Waals surface area contributed by atoms with Crippen LogP contribution in [0.15, 0.2) is 30.0 Å². The van der Waals surface area contributed by atoms with E-state index < -0.39 is 0 Å². The molecule has 0 aromatic carbocycles. The lowest BCUT2D eigenvalue weighted by Crippen LogP contribution is -2.13. The van der Waals surface area contributed by atoms with Crippen LogP contribution in [0.3, 0.4) is 0 Å². The van der Waals surface area contributed by atoms with Crippen molar-refractivity contribution in [3.63, 3.8) is 0 Å². The van der Waals surface area contributed by atoms with E-state index in [-0.39, 0.29) is 0 Å². The number of aromatic amines is 1. The van der Waals surface area contributed by atoms with Gasteiger partial charge in [0.1, 0.15) is 10.7 Å². The number of aromatic nitrogens is 5. The van der Waals surface area contributed by atoms with Crippen LogP contribution in [0.1, 0.15) is 24.0 Å². The zero-order chi connectivity index (χ0) is 14.5. The van der Waals surface area contributed by atoms with E-state index in [0.29, 0.717) is 0 Å². The summed E-state index contributed by atoms with van der Waals surface area (Å²) in [4.78, 5) is 12.9. The Kier molecular flexibility index (Phi) is 4.32. The zero-order valence-corrected chi connectivity index (χ0v) is 12.5. The van der Waals surface area contributed by atoms with Gasteiger partial charge in [0, 0.05) is 36.6 Å². The summed E-state index contributed by atoms with van der Waals surface area (Å²) in [6.45, 7) is 3.57. The number of nitrogens with one attached hydrogen (secondary N) is 2. The van der Waals surface area contributed by atoms with Crippen molar-refractivity contribution in [2.45, 2.75) is 26.4 Å². The second-order valence-electron chi connectivity index (χ2n) is 4.58. The highest BCUT2D eigenvalue weighted by molar-refractivity contribution is 7.13. The van der Waals surface area contributed by atoms with E-state index >= 15 is 0 Å². The van der Waals surface area contributed by atoms with Crippen molar-refractivity contribution in [1.29, 1.82) is 0 Å². The molecule has 3 aromatic rings. The molecule has 0 amide bonds. The number of nitrogens with zero attached hydrogens (tertiary/aromatic N) is 4. The molecular formula is C14H16N6S. The predicted molar refractivity (Wildman–Crippen MR) is 81.6 cm³/mol. The molecule has 0 fully saturated rings. The number of aryl methyl sites for hydroxylation is 1. The summed E-state index contributed by atoms with van der Waals surface area (Å²) in [5, 5.41) is 13.5. The van der Waals surface area contributed by atoms with Gasteiger partial charge in [0.25, 0.3) is 0 Å². The molecule has 0 unspecified atom stereocenters. The van der Waals surface area contributed by atoms with Gasteiger partial charge in [0.05, 0.1) is 17.6 Å². The molecule has 0 spiro atoms. The van der Waals surface area contributed by atoms with Gasteiger partial charge in [0.2, 0.25) is 0 Å². The molecule has 6 nitrogen and oxygen atoms in total. The molecule has 3 rings (SSSR count). The Morgan fingerprint density at radius 2 is 2.19 bits per heavy atom. The molecular weight excluding hydrogens is 284 g/mol. The fourth-order valence-electron chi connectivity index (χ4n) is 1.92. The third-order valence-electron chi connectivity index (χ3n) is 3.00. The maximum Gasteiger partial charge on any atom is 0.143 e. The topological polar surface area (TPSA) is 79.4 Å². The van der Waals surface area contributed by atoms with Crippen molar-refractivity contribution in [3.8, 4) is 10.7 Å². The molecule has 0 aliphatic heterocycles. The predicted octanol–water partition coefficient (Wildman–Crippen LogP) is 2.18. The van der Waals surface area contributed by atoms with Gasteiger partial charge < -0.3 is 5.32 Å². The first-order chi connectivity index (χ1) is 10.3. The van der Waals surface area contributed by atoms with Crippen molar-refractivity contribution < 1.29 is 0 Å². The fraction of sp³-hybridized carbons (Fsp3) is 0.286. The molecule has 0 aliphatic rings. The molecule has 0 aliphatic carbocycles. The number of H-pyrrole nitrogens is 1. The Morgan fingerprint density at radius 3 is 2.95 bits per heavy atom. The van der Waals surface area contributed by atoms with E-state index in [2.05, 4.69) is 43.5 Å². The van der Waals surface area contributed by atoms with Crippen LogP contribution in [0, 0.1) is 0 Å². The molecule has 7 heteroatoms. The minimum Gasteiger partial charge on any atom is -0.305 e. The minimum absolute atomic E-state index is 0.719. The highest BCUT2D eigenvalue weighted by Gasteiger charge is 2.06. The quantitative estimate of drug-likeness (QED) is 0.729. The molecule has 108 valence electrons. The summed E-state index contributed by atoms with van der Waals surface area (Å²) >= 11 is 1.58. The van der Waals surface area contributed by atoms with Gasteiger partial charge in [-0.15, -0.1) is 11.3 Å². The molecule has 2 N–H and O–H groups in total. The lowest BCUT2D eigenvalue weighted by molar-refractivity contribution is 0.668. The molecule has 0 saturated carbocycles. The summed E-state index contributed by atoms with van der Waals surface area (Å²) in [6, 6.07) is 2.08. The molecule has 3 heterocycles. The van der Waals surface area contributed by atoms with E-state index in [0.717, 1.165) is 47.3 Å². The number of hydrogen-bond donors (Lipinski definition) is 2. The first-order valence-corrected chi connectivity index (χ1v) is 7.68. The lowest BCUT2D eigenvalue weighted by atomic mass is 10.3. The van der Waals surface area contributed by atoms with E-state index in [1.165, 1.54) is 0 Å². The SMILES string of the molecule is CCc1cc(CNCc2csc(-c3cnccn3)n2)[nH]n1. The monoisotopic (exact) mass is 300 g/mol. The summed E-state index contributed by atoms with van der Waals surface area (Å²) in [5.41, 5.74) is 4.01. The Hall–Kier alpha value is -2.12. The first kappa shape index (κ1) is 13.8. The first-order valence-electron chi connectivity index (χ1n) is 6.80. The smallest absolute Gasteiger partial charge is 0.143 e. The summed E-state index contributed by atoms with van der Waals surface area (Å²) in [7, 11) is 0. The van der Waals surface area contributed by atoms with Gasteiger partial charge in [-0.1, -0.05) is 6.92 Å². The second kappa shape index (κ2) is 6.55. The van der Waals surface area contributed by atoms with Crippen molar-refractivity contribution in [3.05, 3.63) is 47.1 Å². The second-order valence-corrected chi connectivity index (χ2v) is 5.43. The van der Waals surface area contributed by atoms with Crippen LogP contribution < -0.4 is 5.32 Å². The highest BCUT2D eigenvalue weighted by Crippen LogP contribution is 2.20. The van der Waals surface area contributed by atoms with Crippen LogP contribution in [0.4, 0.5) is 0 Å². The number of thiazole rings is 1. The normalized spacial score (nSPS) is 10.9. The van der Waals surface area contributed by atoms with Gasteiger partial charge in [-0.2, -0.15) is 5.10 Å². The Balaban J connectivity index is 1.55. The highest BCUT2D eigenvalue weighted by atomic mass is 32.1. The van der Waals surface area contributed by atoms with Crippen LogP contribution >= 0.6 is 11.3 Å².